The van der Waals surface area contributed by atoms with Crippen LogP contribution in [0.3, 0.4) is 0 Å². The lowest BCUT2D eigenvalue weighted by molar-refractivity contribution is 0.199. The van der Waals surface area contributed by atoms with Crippen molar-refractivity contribution in [2.45, 2.75) is 6.04 Å². The van der Waals surface area contributed by atoms with Crippen molar-refractivity contribution in [2.75, 3.05) is 45.2 Å². The van der Waals surface area contributed by atoms with E-state index in [1.165, 1.54) is 27.7 Å². The normalized spacial score (nSPS) is 16.9. The van der Waals surface area contributed by atoms with Gasteiger partial charge in [-0.2, -0.15) is 0 Å². The molecule has 2 aromatic carbocycles. The second-order valence-corrected chi connectivity index (χ2v) is 6.96. The number of piperazine rings is 1. The van der Waals surface area contributed by atoms with Gasteiger partial charge >= 0.3 is 0 Å². The van der Waals surface area contributed by atoms with E-state index in [0.717, 1.165) is 26.2 Å². The molecule has 1 aliphatic rings. The first-order valence-electron chi connectivity index (χ1n) is 9.02. The summed E-state index contributed by atoms with van der Waals surface area (Å²) in [5.41, 5.74) is 5.18. The first-order valence-corrected chi connectivity index (χ1v) is 9.02. The van der Waals surface area contributed by atoms with Crippen molar-refractivity contribution in [1.82, 2.24) is 15.2 Å². The second kappa shape index (κ2) is 6.90. The van der Waals surface area contributed by atoms with Gasteiger partial charge in [-0.25, -0.2) is 0 Å². The zero-order valence-electron chi connectivity index (χ0n) is 15.0. The molecule has 0 spiro atoms. The number of fused-ring (bicyclic) bond motifs is 1. The van der Waals surface area contributed by atoms with E-state index < -0.39 is 0 Å². The Morgan fingerprint density at radius 3 is 2.40 bits per heavy atom. The molecule has 2 heterocycles. The fourth-order valence-electron chi connectivity index (χ4n) is 3.80. The molecule has 3 aromatic rings. The van der Waals surface area contributed by atoms with Crippen molar-refractivity contribution < 1.29 is 0 Å². The van der Waals surface area contributed by atoms with Gasteiger partial charge in [0.15, 0.2) is 0 Å². The summed E-state index contributed by atoms with van der Waals surface area (Å²) in [6.45, 7) is 4.24. The molecule has 25 heavy (non-hydrogen) atoms. The van der Waals surface area contributed by atoms with E-state index >= 15 is 0 Å². The van der Waals surface area contributed by atoms with Gasteiger partial charge in [0.25, 0.3) is 0 Å². The number of H-pyrrole nitrogens is 1. The molecule has 1 aromatic heterocycles. The summed E-state index contributed by atoms with van der Waals surface area (Å²) in [4.78, 5) is 8.20. The Balaban J connectivity index is 1.78. The Labute approximate surface area is 149 Å². The van der Waals surface area contributed by atoms with Gasteiger partial charge in [-0.05, 0) is 29.3 Å². The minimum Gasteiger partial charge on any atom is -0.378 e. The third-order valence-corrected chi connectivity index (χ3v) is 5.16. The maximum absolute atomic E-state index is 3.47. The average molecular weight is 334 g/mol. The lowest BCUT2D eigenvalue weighted by atomic mass is 9.95. The maximum Gasteiger partial charge on any atom is 0.0623 e. The summed E-state index contributed by atoms with van der Waals surface area (Å²) in [6, 6.07) is 17.9. The van der Waals surface area contributed by atoms with Crippen molar-refractivity contribution in [1.29, 1.82) is 0 Å². The van der Waals surface area contributed by atoms with E-state index in [9.17, 15) is 0 Å². The van der Waals surface area contributed by atoms with Gasteiger partial charge in [0, 0.05) is 63.1 Å². The highest BCUT2D eigenvalue weighted by molar-refractivity contribution is 5.84. The Morgan fingerprint density at radius 2 is 1.68 bits per heavy atom. The topological polar surface area (TPSA) is 34.3 Å². The maximum atomic E-state index is 3.47. The molecule has 1 fully saturated rings. The molecule has 2 N–H and O–H groups in total. The van der Waals surface area contributed by atoms with Crippen molar-refractivity contribution in [2.24, 2.45) is 0 Å². The van der Waals surface area contributed by atoms with Crippen LogP contribution in [0, 0.1) is 0 Å². The molecule has 130 valence electrons. The number of hydrogen-bond donors (Lipinski definition) is 2. The Hall–Kier alpha value is -2.30. The van der Waals surface area contributed by atoms with Crippen LogP contribution >= 0.6 is 0 Å². The largest absolute Gasteiger partial charge is 0.378 e. The predicted octanol–water partition coefficient (Wildman–Crippen LogP) is 3.23. The van der Waals surface area contributed by atoms with Crippen LogP contribution in [0.5, 0.6) is 0 Å². The Bertz CT molecular complexity index is 828. The highest BCUT2D eigenvalue weighted by Gasteiger charge is 2.26. The van der Waals surface area contributed by atoms with E-state index in [1.807, 2.05) is 0 Å². The molecule has 1 atom stereocenters. The molecule has 4 heteroatoms. The van der Waals surface area contributed by atoms with Crippen LogP contribution in [0.4, 0.5) is 5.69 Å². The summed E-state index contributed by atoms with van der Waals surface area (Å²) >= 11 is 0. The van der Waals surface area contributed by atoms with Crippen LogP contribution in [0.15, 0.2) is 54.7 Å². The summed E-state index contributed by atoms with van der Waals surface area (Å²) in [7, 11) is 4.17. The van der Waals surface area contributed by atoms with Gasteiger partial charge in [-0.1, -0.05) is 30.3 Å². The first-order chi connectivity index (χ1) is 12.2. The van der Waals surface area contributed by atoms with Crippen LogP contribution in [0.1, 0.15) is 17.2 Å². The van der Waals surface area contributed by atoms with E-state index in [2.05, 4.69) is 88.9 Å². The van der Waals surface area contributed by atoms with E-state index in [4.69, 9.17) is 0 Å². The number of rotatable bonds is 4. The molecular weight excluding hydrogens is 308 g/mol. The smallest absolute Gasteiger partial charge is 0.0623 e. The van der Waals surface area contributed by atoms with Gasteiger partial charge in [0.2, 0.25) is 0 Å². The van der Waals surface area contributed by atoms with E-state index in [1.54, 1.807) is 0 Å². The van der Waals surface area contributed by atoms with Crippen LogP contribution < -0.4 is 10.2 Å². The predicted molar refractivity (Wildman–Crippen MR) is 105 cm³/mol. The molecule has 4 nitrogen and oxygen atoms in total. The van der Waals surface area contributed by atoms with Gasteiger partial charge in [-0.15, -0.1) is 0 Å². The summed E-state index contributed by atoms with van der Waals surface area (Å²) in [5, 5.41) is 4.79. The number of anilines is 1. The Kier molecular flexibility index (Phi) is 4.47. The third-order valence-electron chi connectivity index (χ3n) is 5.16. The molecule has 1 aliphatic heterocycles. The van der Waals surface area contributed by atoms with Gasteiger partial charge in [0.05, 0.1) is 6.04 Å². The molecule has 0 radical (unpaired) electrons. The Morgan fingerprint density at radius 1 is 0.960 bits per heavy atom. The number of nitrogens with zero attached hydrogens (tertiary/aromatic N) is 2. The van der Waals surface area contributed by atoms with Crippen molar-refractivity contribution in [3.05, 3.63) is 65.9 Å². The van der Waals surface area contributed by atoms with Crippen LogP contribution in [-0.4, -0.2) is 50.2 Å². The van der Waals surface area contributed by atoms with Gasteiger partial charge in [-0.3, -0.25) is 4.90 Å². The van der Waals surface area contributed by atoms with E-state index in [-0.39, 0.29) is 6.04 Å². The highest BCUT2D eigenvalue weighted by atomic mass is 15.2. The van der Waals surface area contributed by atoms with Gasteiger partial charge < -0.3 is 15.2 Å². The summed E-state index contributed by atoms with van der Waals surface area (Å²) in [6.07, 6.45) is 2.19. The number of aromatic amines is 1. The minimum atomic E-state index is 0.287. The molecule has 1 saturated heterocycles. The summed E-state index contributed by atoms with van der Waals surface area (Å²) in [5.74, 6) is 0. The van der Waals surface area contributed by atoms with E-state index in [0.29, 0.717) is 0 Å². The minimum absolute atomic E-state index is 0.287. The molecule has 1 unspecified atom stereocenters. The van der Waals surface area contributed by atoms with Crippen LogP contribution in [0.2, 0.25) is 0 Å². The van der Waals surface area contributed by atoms with Crippen molar-refractivity contribution >= 4 is 16.6 Å². The second-order valence-electron chi connectivity index (χ2n) is 6.96. The molecule has 0 saturated carbocycles. The monoisotopic (exact) mass is 334 g/mol. The van der Waals surface area contributed by atoms with Crippen molar-refractivity contribution in [3.8, 4) is 0 Å². The zero-order valence-corrected chi connectivity index (χ0v) is 15.0. The average Bonchev–Trinajstić information content (AvgIpc) is 3.07. The van der Waals surface area contributed by atoms with Crippen molar-refractivity contribution in [3.63, 3.8) is 0 Å². The molecule has 4 rings (SSSR count). The number of benzene rings is 2. The lowest BCUT2D eigenvalue weighted by Crippen LogP contribution is -2.45. The molecule has 0 bridgehead atoms. The number of hydrogen-bond acceptors (Lipinski definition) is 3. The SMILES string of the molecule is CN(C)c1ccc(C(c2c[nH]c3ccccc23)N2CCNCC2)cc1. The number of aromatic nitrogens is 1. The fourth-order valence-corrected chi connectivity index (χ4v) is 3.80. The first kappa shape index (κ1) is 16.2. The fraction of sp³-hybridized carbons (Fsp3) is 0.333. The number of nitrogens with one attached hydrogen (secondary N) is 2. The molecular formula is C21H26N4. The quantitative estimate of drug-likeness (QED) is 0.769. The summed E-state index contributed by atoms with van der Waals surface area (Å²) < 4.78 is 0. The van der Waals surface area contributed by atoms with Crippen LogP contribution in [0.25, 0.3) is 10.9 Å². The van der Waals surface area contributed by atoms with Gasteiger partial charge in [0.1, 0.15) is 0 Å². The lowest BCUT2D eigenvalue weighted by Gasteiger charge is -2.35. The van der Waals surface area contributed by atoms with Crippen LogP contribution in [-0.2, 0) is 0 Å². The highest BCUT2D eigenvalue weighted by Crippen LogP contribution is 2.34. The third kappa shape index (κ3) is 3.15. The number of para-hydroxylation sites is 1. The molecule has 0 amide bonds. The standard InChI is InChI=1S/C21H26N4/c1-24(2)17-9-7-16(8-10-17)21(25-13-11-22-12-14-25)19-15-23-20-6-4-3-5-18(19)20/h3-10,15,21-23H,11-14H2,1-2H3. The zero-order chi connectivity index (χ0) is 17.2. The molecule has 0 aliphatic carbocycles.